The Morgan fingerprint density at radius 3 is 2.88 bits per heavy atom. The quantitative estimate of drug-likeness (QED) is 0.758. The van der Waals surface area contributed by atoms with Gasteiger partial charge >= 0.3 is 0 Å². The first kappa shape index (κ1) is 19.2. The number of nitrogens with one attached hydrogen (secondary N) is 1. The van der Waals surface area contributed by atoms with Gasteiger partial charge in [-0.1, -0.05) is 13.0 Å². The van der Waals surface area contributed by atoms with Crippen molar-refractivity contribution in [3.63, 3.8) is 0 Å². The lowest BCUT2D eigenvalue weighted by Crippen LogP contribution is -2.39. The first-order chi connectivity index (χ1) is 12.6. The smallest absolute Gasteiger partial charge is 0.260 e. The van der Waals surface area contributed by atoms with Gasteiger partial charge in [0, 0.05) is 13.1 Å². The predicted molar refractivity (Wildman–Crippen MR) is 106 cm³/mol. The standard InChI is InChI=1S/C22H34N2O2/c1-17-7-5-13-24(16-17)14-6-12-23-22(25)18(2)26-21-11-10-19-8-3-4-9-20(19)15-21/h10-11,15,17-18H,3-9,12-14,16H2,1-2H3,(H,23,25)/t17-,18-/m1/s1. The normalized spacial score (nSPS) is 21.7. The molecule has 0 aromatic heterocycles. The maximum absolute atomic E-state index is 12.3. The highest BCUT2D eigenvalue weighted by Gasteiger charge is 2.17. The largest absolute Gasteiger partial charge is 0.481 e. The number of piperidine rings is 1. The van der Waals surface area contributed by atoms with Crippen LogP contribution in [0.2, 0.25) is 0 Å². The van der Waals surface area contributed by atoms with Crippen LogP contribution in [-0.2, 0) is 17.6 Å². The molecule has 1 amide bonds. The molecule has 1 saturated heterocycles. The van der Waals surface area contributed by atoms with E-state index in [-0.39, 0.29) is 5.91 Å². The molecule has 1 aromatic carbocycles. The maximum atomic E-state index is 12.3. The molecule has 26 heavy (non-hydrogen) atoms. The second-order valence-corrected chi connectivity index (χ2v) is 8.09. The van der Waals surface area contributed by atoms with Crippen LogP contribution in [0.5, 0.6) is 5.75 Å². The monoisotopic (exact) mass is 358 g/mol. The van der Waals surface area contributed by atoms with Crippen LogP contribution in [0, 0.1) is 5.92 Å². The Bertz CT molecular complexity index is 602. The lowest BCUT2D eigenvalue weighted by atomic mass is 9.92. The number of ether oxygens (including phenoxy) is 1. The SMILES string of the molecule is C[C@@H]1CCCN(CCCNC(=O)[C@@H](C)Oc2ccc3c(c2)CCCC3)C1. The molecule has 0 bridgehead atoms. The van der Waals surface area contributed by atoms with E-state index in [1.807, 2.05) is 13.0 Å². The Morgan fingerprint density at radius 2 is 2.08 bits per heavy atom. The lowest BCUT2D eigenvalue weighted by Gasteiger charge is -2.30. The fourth-order valence-corrected chi connectivity index (χ4v) is 4.19. The van der Waals surface area contributed by atoms with Crippen molar-refractivity contribution < 1.29 is 9.53 Å². The Balaban J connectivity index is 1.37. The van der Waals surface area contributed by atoms with Crippen molar-refractivity contribution in [2.45, 2.75) is 64.9 Å². The van der Waals surface area contributed by atoms with Crippen LogP contribution in [-0.4, -0.2) is 43.1 Å². The molecule has 0 saturated carbocycles. The van der Waals surface area contributed by atoms with E-state index in [4.69, 9.17) is 4.74 Å². The van der Waals surface area contributed by atoms with E-state index in [1.54, 1.807) is 0 Å². The summed E-state index contributed by atoms with van der Waals surface area (Å²) in [5, 5.41) is 3.03. The van der Waals surface area contributed by atoms with E-state index in [9.17, 15) is 4.79 Å². The summed E-state index contributed by atoms with van der Waals surface area (Å²) in [5.41, 5.74) is 2.82. The summed E-state index contributed by atoms with van der Waals surface area (Å²) in [6.07, 6.45) is 8.04. The molecular formula is C22H34N2O2. The number of carbonyl (C=O) groups is 1. The first-order valence-electron chi connectivity index (χ1n) is 10.4. The van der Waals surface area contributed by atoms with Crippen LogP contribution in [0.15, 0.2) is 18.2 Å². The molecule has 1 aliphatic heterocycles. The minimum absolute atomic E-state index is 0.0188. The Kier molecular flexibility index (Phi) is 6.95. The summed E-state index contributed by atoms with van der Waals surface area (Å²) >= 11 is 0. The molecule has 1 aliphatic carbocycles. The number of aryl methyl sites for hydroxylation is 2. The van der Waals surface area contributed by atoms with Gasteiger partial charge in [0.15, 0.2) is 6.10 Å². The zero-order valence-electron chi connectivity index (χ0n) is 16.4. The van der Waals surface area contributed by atoms with Crippen LogP contribution in [0.1, 0.15) is 57.1 Å². The molecule has 0 spiro atoms. The van der Waals surface area contributed by atoms with E-state index in [0.717, 1.165) is 37.6 Å². The third kappa shape index (κ3) is 5.47. The molecule has 1 fully saturated rings. The Hall–Kier alpha value is -1.55. The van der Waals surface area contributed by atoms with Crippen LogP contribution in [0.4, 0.5) is 0 Å². The highest BCUT2D eigenvalue weighted by molar-refractivity contribution is 5.80. The molecule has 4 nitrogen and oxygen atoms in total. The summed E-state index contributed by atoms with van der Waals surface area (Å²) in [7, 11) is 0. The molecule has 144 valence electrons. The van der Waals surface area contributed by atoms with E-state index in [2.05, 4.69) is 29.3 Å². The minimum Gasteiger partial charge on any atom is -0.481 e. The molecule has 2 atom stereocenters. The van der Waals surface area contributed by atoms with E-state index in [0.29, 0.717) is 0 Å². The third-order valence-electron chi connectivity index (χ3n) is 5.69. The number of hydrogen-bond donors (Lipinski definition) is 1. The highest BCUT2D eigenvalue weighted by Crippen LogP contribution is 2.25. The van der Waals surface area contributed by atoms with Gasteiger partial charge in [-0.15, -0.1) is 0 Å². The van der Waals surface area contributed by atoms with Crippen molar-refractivity contribution in [3.05, 3.63) is 29.3 Å². The Morgan fingerprint density at radius 1 is 1.27 bits per heavy atom. The van der Waals surface area contributed by atoms with E-state index in [1.165, 1.54) is 56.3 Å². The van der Waals surface area contributed by atoms with Gasteiger partial charge in [0.2, 0.25) is 0 Å². The number of hydrogen-bond acceptors (Lipinski definition) is 3. The second kappa shape index (κ2) is 9.40. The molecule has 0 radical (unpaired) electrons. The summed E-state index contributed by atoms with van der Waals surface area (Å²) in [5.74, 6) is 1.61. The molecular weight excluding hydrogens is 324 g/mol. The van der Waals surface area contributed by atoms with Gasteiger partial charge in [-0.25, -0.2) is 0 Å². The van der Waals surface area contributed by atoms with Gasteiger partial charge < -0.3 is 15.0 Å². The number of fused-ring (bicyclic) bond motifs is 1. The molecule has 1 heterocycles. The number of amides is 1. The van der Waals surface area contributed by atoms with E-state index < -0.39 is 6.10 Å². The van der Waals surface area contributed by atoms with Crippen molar-refractivity contribution in [1.82, 2.24) is 10.2 Å². The van der Waals surface area contributed by atoms with Gasteiger partial charge in [0.05, 0.1) is 0 Å². The van der Waals surface area contributed by atoms with Crippen LogP contribution < -0.4 is 10.1 Å². The second-order valence-electron chi connectivity index (χ2n) is 8.09. The van der Waals surface area contributed by atoms with Gasteiger partial charge in [-0.3, -0.25) is 4.79 Å². The summed E-state index contributed by atoms with van der Waals surface area (Å²) in [6, 6.07) is 6.29. The van der Waals surface area contributed by atoms with Crippen LogP contribution in [0.3, 0.4) is 0 Å². The van der Waals surface area contributed by atoms with Crippen molar-refractivity contribution in [1.29, 1.82) is 0 Å². The van der Waals surface area contributed by atoms with Crippen molar-refractivity contribution >= 4 is 5.91 Å². The number of nitrogens with zero attached hydrogens (tertiary/aromatic N) is 1. The van der Waals surface area contributed by atoms with Gasteiger partial charge in [0.25, 0.3) is 5.91 Å². The zero-order chi connectivity index (χ0) is 18.4. The fraction of sp³-hybridized carbons (Fsp3) is 0.682. The summed E-state index contributed by atoms with van der Waals surface area (Å²) < 4.78 is 5.88. The molecule has 3 rings (SSSR count). The Labute approximate surface area is 158 Å². The van der Waals surface area contributed by atoms with Gasteiger partial charge in [0.1, 0.15) is 5.75 Å². The highest BCUT2D eigenvalue weighted by atomic mass is 16.5. The fourth-order valence-electron chi connectivity index (χ4n) is 4.19. The third-order valence-corrected chi connectivity index (χ3v) is 5.69. The lowest BCUT2D eigenvalue weighted by molar-refractivity contribution is -0.127. The molecule has 1 aromatic rings. The predicted octanol–water partition coefficient (Wildman–Crippen LogP) is 3.57. The van der Waals surface area contributed by atoms with E-state index >= 15 is 0 Å². The summed E-state index contributed by atoms with van der Waals surface area (Å²) in [4.78, 5) is 14.8. The first-order valence-corrected chi connectivity index (χ1v) is 10.4. The molecule has 2 aliphatic rings. The number of rotatable bonds is 7. The maximum Gasteiger partial charge on any atom is 0.260 e. The average Bonchev–Trinajstić information content (AvgIpc) is 2.65. The number of likely N-dealkylation sites (tertiary alicyclic amines) is 1. The minimum atomic E-state index is -0.452. The van der Waals surface area contributed by atoms with Crippen molar-refractivity contribution in [2.24, 2.45) is 5.92 Å². The zero-order valence-corrected chi connectivity index (χ0v) is 16.4. The summed E-state index contributed by atoms with van der Waals surface area (Å²) in [6.45, 7) is 8.36. The van der Waals surface area contributed by atoms with Crippen LogP contribution >= 0.6 is 0 Å². The van der Waals surface area contributed by atoms with Crippen molar-refractivity contribution in [3.8, 4) is 5.75 Å². The van der Waals surface area contributed by atoms with Gasteiger partial charge in [-0.2, -0.15) is 0 Å². The topological polar surface area (TPSA) is 41.6 Å². The van der Waals surface area contributed by atoms with Crippen LogP contribution in [0.25, 0.3) is 0 Å². The van der Waals surface area contributed by atoms with Gasteiger partial charge in [-0.05, 0) is 94.1 Å². The van der Waals surface area contributed by atoms with Crippen molar-refractivity contribution in [2.75, 3.05) is 26.2 Å². The molecule has 4 heteroatoms. The molecule has 1 N–H and O–H groups in total. The number of carbonyl (C=O) groups excluding carboxylic acids is 1. The average molecular weight is 359 g/mol. The number of benzene rings is 1. The molecule has 0 unspecified atom stereocenters.